The molecule has 20 heavy (non-hydrogen) atoms. The molecule has 0 saturated carbocycles. The minimum absolute atomic E-state index is 0.581. The van der Waals surface area contributed by atoms with Crippen LogP contribution in [-0.2, 0) is 6.42 Å². The van der Waals surface area contributed by atoms with Crippen LogP contribution >= 0.6 is 0 Å². The van der Waals surface area contributed by atoms with E-state index in [4.69, 9.17) is 4.74 Å². The van der Waals surface area contributed by atoms with Gasteiger partial charge in [0.25, 0.3) is 0 Å². The van der Waals surface area contributed by atoms with Crippen LogP contribution in [0.2, 0.25) is 0 Å². The summed E-state index contributed by atoms with van der Waals surface area (Å²) >= 11 is 0. The normalized spacial score (nSPS) is 16.2. The maximum absolute atomic E-state index is 5.44. The first-order valence-corrected chi connectivity index (χ1v) is 7.06. The van der Waals surface area contributed by atoms with E-state index < -0.39 is 0 Å². The van der Waals surface area contributed by atoms with E-state index in [1.165, 1.54) is 11.1 Å². The Morgan fingerprint density at radius 3 is 2.95 bits per heavy atom. The summed E-state index contributed by atoms with van der Waals surface area (Å²) in [6.07, 6.45) is 1.14. The zero-order valence-electron chi connectivity index (χ0n) is 11.9. The van der Waals surface area contributed by atoms with Crippen LogP contribution in [0, 0.1) is 6.92 Å². The molecule has 1 atom stereocenters. The second-order valence-corrected chi connectivity index (χ2v) is 5.05. The smallest absolute Gasteiger partial charge is 0.218 e. The van der Waals surface area contributed by atoms with Crippen molar-refractivity contribution in [2.45, 2.75) is 26.2 Å². The standard InChI is InChI=1S/C16H19N3O/c1-3-20-16-9-15(18-11(2)19-16)17-10-13-8-12-6-4-5-7-14(12)13/h4-7,9,13H,3,8,10H2,1-2H3,(H,17,18,19). The maximum atomic E-state index is 5.44. The molecule has 1 aliphatic rings. The third kappa shape index (κ3) is 2.59. The Bertz CT molecular complexity index is 612. The summed E-state index contributed by atoms with van der Waals surface area (Å²) < 4.78 is 5.44. The number of rotatable bonds is 5. The summed E-state index contributed by atoms with van der Waals surface area (Å²) in [4.78, 5) is 8.65. The molecule has 0 saturated heterocycles. The highest BCUT2D eigenvalue weighted by Gasteiger charge is 2.24. The van der Waals surface area contributed by atoms with Gasteiger partial charge >= 0.3 is 0 Å². The van der Waals surface area contributed by atoms with Crippen molar-refractivity contribution in [1.82, 2.24) is 9.97 Å². The van der Waals surface area contributed by atoms with E-state index in [1.807, 2.05) is 19.9 Å². The lowest BCUT2D eigenvalue weighted by atomic mass is 9.78. The molecule has 2 aromatic rings. The fraction of sp³-hybridized carbons (Fsp3) is 0.375. The zero-order valence-corrected chi connectivity index (χ0v) is 11.9. The topological polar surface area (TPSA) is 47.0 Å². The van der Waals surface area contributed by atoms with Gasteiger partial charge in [-0.05, 0) is 31.4 Å². The summed E-state index contributed by atoms with van der Waals surface area (Å²) in [7, 11) is 0. The van der Waals surface area contributed by atoms with Gasteiger partial charge < -0.3 is 10.1 Å². The van der Waals surface area contributed by atoms with Gasteiger partial charge in [0.2, 0.25) is 5.88 Å². The van der Waals surface area contributed by atoms with Crippen molar-refractivity contribution in [2.75, 3.05) is 18.5 Å². The summed E-state index contributed by atoms with van der Waals surface area (Å²) in [6, 6.07) is 10.5. The Morgan fingerprint density at radius 1 is 1.30 bits per heavy atom. The SMILES string of the molecule is CCOc1cc(NCC2Cc3ccccc32)nc(C)n1. The van der Waals surface area contributed by atoms with E-state index in [9.17, 15) is 0 Å². The third-order valence-electron chi connectivity index (χ3n) is 3.60. The van der Waals surface area contributed by atoms with Crippen molar-refractivity contribution in [2.24, 2.45) is 0 Å². The van der Waals surface area contributed by atoms with E-state index in [-0.39, 0.29) is 0 Å². The maximum Gasteiger partial charge on any atom is 0.218 e. The summed E-state index contributed by atoms with van der Waals surface area (Å²) in [5.74, 6) is 2.78. The van der Waals surface area contributed by atoms with Crippen molar-refractivity contribution in [3.8, 4) is 5.88 Å². The predicted molar refractivity (Wildman–Crippen MR) is 79.3 cm³/mol. The van der Waals surface area contributed by atoms with Gasteiger partial charge in [-0.15, -0.1) is 0 Å². The fourth-order valence-corrected chi connectivity index (χ4v) is 2.63. The van der Waals surface area contributed by atoms with Crippen LogP contribution in [0.3, 0.4) is 0 Å². The lowest BCUT2D eigenvalue weighted by Gasteiger charge is -2.30. The van der Waals surface area contributed by atoms with Crippen molar-refractivity contribution < 1.29 is 4.74 Å². The largest absolute Gasteiger partial charge is 0.478 e. The molecule has 0 bridgehead atoms. The first kappa shape index (κ1) is 12.9. The van der Waals surface area contributed by atoms with Crippen LogP contribution in [0.15, 0.2) is 30.3 Å². The number of fused-ring (bicyclic) bond motifs is 1. The highest BCUT2D eigenvalue weighted by Crippen LogP contribution is 2.34. The molecule has 3 rings (SSSR count). The number of hydrogen-bond acceptors (Lipinski definition) is 4. The molecule has 1 aromatic heterocycles. The van der Waals surface area contributed by atoms with Crippen LogP contribution in [0.5, 0.6) is 5.88 Å². The molecule has 0 aliphatic heterocycles. The van der Waals surface area contributed by atoms with Crippen molar-refractivity contribution in [3.05, 3.63) is 47.3 Å². The van der Waals surface area contributed by atoms with Gasteiger partial charge in [0.05, 0.1) is 6.61 Å². The Hall–Kier alpha value is -2.10. The first-order chi connectivity index (χ1) is 9.76. The van der Waals surface area contributed by atoms with Crippen LogP contribution in [-0.4, -0.2) is 23.1 Å². The monoisotopic (exact) mass is 269 g/mol. The highest BCUT2D eigenvalue weighted by atomic mass is 16.5. The Balaban J connectivity index is 1.65. The van der Waals surface area contributed by atoms with Crippen molar-refractivity contribution in [3.63, 3.8) is 0 Å². The number of ether oxygens (including phenoxy) is 1. The number of nitrogens with one attached hydrogen (secondary N) is 1. The van der Waals surface area contributed by atoms with E-state index in [0.29, 0.717) is 18.4 Å². The number of nitrogens with zero attached hydrogens (tertiary/aromatic N) is 2. The lowest BCUT2D eigenvalue weighted by Crippen LogP contribution is -2.24. The molecule has 4 nitrogen and oxygen atoms in total. The van der Waals surface area contributed by atoms with Crippen molar-refractivity contribution in [1.29, 1.82) is 0 Å². The molecule has 0 amide bonds. The molecular weight excluding hydrogens is 250 g/mol. The summed E-state index contributed by atoms with van der Waals surface area (Å²) in [5.41, 5.74) is 2.92. The molecule has 1 aliphatic carbocycles. The number of aromatic nitrogens is 2. The number of anilines is 1. The Morgan fingerprint density at radius 2 is 2.15 bits per heavy atom. The molecular formula is C16H19N3O. The van der Waals surface area contributed by atoms with Crippen molar-refractivity contribution >= 4 is 5.82 Å². The van der Waals surface area contributed by atoms with Gasteiger partial charge in [0.1, 0.15) is 11.6 Å². The molecule has 1 N–H and O–H groups in total. The van der Waals surface area contributed by atoms with Gasteiger partial charge in [-0.3, -0.25) is 0 Å². The average molecular weight is 269 g/mol. The fourth-order valence-electron chi connectivity index (χ4n) is 2.63. The van der Waals surface area contributed by atoms with Crippen LogP contribution < -0.4 is 10.1 Å². The molecule has 0 spiro atoms. The minimum Gasteiger partial charge on any atom is -0.478 e. The van der Waals surface area contributed by atoms with E-state index in [1.54, 1.807) is 0 Å². The molecule has 0 radical (unpaired) electrons. The Labute approximate surface area is 119 Å². The van der Waals surface area contributed by atoms with Crippen LogP contribution in [0.1, 0.15) is 29.8 Å². The van der Waals surface area contributed by atoms with Crippen LogP contribution in [0.4, 0.5) is 5.82 Å². The molecule has 4 heteroatoms. The van der Waals surface area contributed by atoms with Gasteiger partial charge in [-0.2, -0.15) is 4.98 Å². The average Bonchev–Trinajstić information content (AvgIpc) is 2.39. The molecule has 1 heterocycles. The number of benzene rings is 1. The molecule has 1 aromatic carbocycles. The van der Waals surface area contributed by atoms with Gasteiger partial charge in [-0.25, -0.2) is 4.98 Å². The third-order valence-corrected chi connectivity index (χ3v) is 3.60. The van der Waals surface area contributed by atoms with Gasteiger partial charge in [0.15, 0.2) is 0 Å². The second kappa shape index (κ2) is 5.49. The molecule has 1 unspecified atom stereocenters. The van der Waals surface area contributed by atoms with Gasteiger partial charge in [-0.1, -0.05) is 24.3 Å². The van der Waals surface area contributed by atoms with Gasteiger partial charge in [0, 0.05) is 18.5 Å². The minimum atomic E-state index is 0.581. The summed E-state index contributed by atoms with van der Waals surface area (Å²) in [6.45, 7) is 5.35. The first-order valence-electron chi connectivity index (χ1n) is 7.06. The van der Waals surface area contributed by atoms with E-state index in [2.05, 4.69) is 39.6 Å². The Kier molecular flexibility index (Phi) is 3.54. The van der Waals surface area contributed by atoms with E-state index in [0.717, 1.165) is 24.6 Å². The second-order valence-electron chi connectivity index (χ2n) is 5.05. The summed E-state index contributed by atoms with van der Waals surface area (Å²) in [5, 5.41) is 3.40. The molecule has 0 fully saturated rings. The lowest BCUT2D eigenvalue weighted by molar-refractivity contribution is 0.325. The van der Waals surface area contributed by atoms with E-state index >= 15 is 0 Å². The molecule has 104 valence electrons. The quantitative estimate of drug-likeness (QED) is 0.906. The number of aryl methyl sites for hydroxylation is 1. The number of hydrogen-bond donors (Lipinski definition) is 1. The zero-order chi connectivity index (χ0) is 13.9. The predicted octanol–water partition coefficient (Wildman–Crippen LogP) is 2.94. The highest BCUT2D eigenvalue weighted by molar-refractivity contribution is 5.44. The van der Waals surface area contributed by atoms with Crippen LogP contribution in [0.25, 0.3) is 0 Å².